The second-order valence-electron chi connectivity index (χ2n) is 6.76. The van der Waals surface area contributed by atoms with Crippen LogP contribution in [0.3, 0.4) is 0 Å². The molecule has 6 nitrogen and oxygen atoms in total. The Kier molecular flexibility index (Phi) is 7.61. The second-order valence-corrected chi connectivity index (χ2v) is 7.64. The minimum Gasteiger partial charge on any atom is -0.493 e. The van der Waals surface area contributed by atoms with Crippen LogP contribution in [0.15, 0.2) is 48.5 Å². The first-order valence-electron chi connectivity index (χ1n) is 9.31. The van der Waals surface area contributed by atoms with Crippen molar-refractivity contribution in [3.63, 3.8) is 0 Å². The summed E-state index contributed by atoms with van der Waals surface area (Å²) in [5, 5.41) is 4.09. The molecule has 3 rings (SSSR count). The molecule has 0 atom stereocenters. The normalized spacial score (nSPS) is 13.5. The first-order chi connectivity index (χ1) is 14.0. The zero-order chi connectivity index (χ0) is 20.6. The van der Waals surface area contributed by atoms with E-state index in [0.717, 1.165) is 0 Å². The SMILES string of the molecule is O=C(COc1ccc(Cl)cc1)NCC1CN(C(=O)CCOc2ccc(Cl)cc2)C1. The summed E-state index contributed by atoms with van der Waals surface area (Å²) in [6, 6.07) is 13.9. The highest BCUT2D eigenvalue weighted by Gasteiger charge is 2.30. The summed E-state index contributed by atoms with van der Waals surface area (Å²) in [7, 11) is 0. The van der Waals surface area contributed by atoms with Crippen molar-refractivity contribution in [1.82, 2.24) is 10.2 Å². The van der Waals surface area contributed by atoms with Gasteiger partial charge >= 0.3 is 0 Å². The number of nitrogens with zero attached hydrogens (tertiary/aromatic N) is 1. The Balaban J connectivity index is 1.25. The first kappa shape index (κ1) is 21.3. The van der Waals surface area contributed by atoms with E-state index in [4.69, 9.17) is 32.7 Å². The molecule has 0 unspecified atom stereocenters. The number of benzene rings is 2. The molecule has 2 aromatic carbocycles. The number of halogens is 2. The van der Waals surface area contributed by atoms with E-state index in [-0.39, 0.29) is 24.3 Å². The van der Waals surface area contributed by atoms with Crippen LogP contribution >= 0.6 is 23.2 Å². The van der Waals surface area contributed by atoms with Gasteiger partial charge in [0.15, 0.2) is 6.61 Å². The minimum absolute atomic E-state index is 0.0487. The van der Waals surface area contributed by atoms with E-state index < -0.39 is 0 Å². The van der Waals surface area contributed by atoms with Crippen molar-refractivity contribution in [2.75, 3.05) is 32.8 Å². The van der Waals surface area contributed by atoms with E-state index in [1.54, 1.807) is 53.4 Å². The lowest BCUT2D eigenvalue weighted by Crippen LogP contribution is -2.54. The largest absolute Gasteiger partial charge is 0.493 e. The molecule has 0 bridgehead atoms. The van der Waals surface area contributed by atoms with Crippen LogP contribution in [0, 0.1) is 5.92 Å². The summed E-state index contributed by atoms with van der Waals surface area (Å²) in [5.74, 6) is 1.39. The van der Waals surface area contributed by atoms with Crippen molar-refractivity contribution >= 4 is 35.0 Å². The van der Waals surface area contributed by atoms with Crippen LogP contribution in [0.25, 0.3) is 0 Å². The zero-order valence-electron chi connectivity index (χ0n) is 15.8. The molecule has 1 aliphatic rings. The maximum Gasteiger partial charge on any atom is 0.257 e. The molecule has 0 spiro atoms. The lowest BCUT2D eigenvalue weighted by molar-refractivity contribution is -0.138. The van der Waals surface area contributed by atoms with Gasteiger partial charge < -0.3 is 19.7 Å². The summed E-state index contributed by atoms with van der Waals surface area (Å²) in [5.41, 5.74) is 0. The van der Waals surface area contributed by atoms with Crippen molar-refractivity contribution in [2.24, 2.45) is 5.92 Å². The van der Waals surface area contributed by atoms with Gasteiger partial charge in [-0.05, 0) is 48.5 Å². The van der Waals surface area contributed by atoms with Crippen LogP contribution < -0.4 is 14.8 Å². The highest BCUT2D eigenvalue weighted by atomic mass is 35.5. The highest BCUT2D eigenvalue weighted by Crippen LogP contribution is 2.18. The third kappa shape index (κ3) is 6.84. The lowest BCUT2D eigenvalue weighted by Gasteiger charge is -2.39. The molecular formula is C21H22Cl2N2O4. The molecule has 1 N–H and O–H groups in total. The van der Waals surface area contributed by atoms with E-state index >= 15 is 0 Å². The van der Waals surface area contributed by atoms with Gasteiger partial charge in [0, 0.05) is 35.6 Å². The Hall–Kier alpha value is -2.44. The second kappa shape index (κ2) is 10.4. The van der Waals surface area contributed by atoms with E-state index in [1.807, 2.05) is 0 Å². The number of amides is 2. The van der Waals surface area contributed by atoms with Crippen LogP contribution in [0.1, 0.15) is 6.42 Å². The van der Waals surface area contributed by atoms with Gasteiger partial charge in [-0.1, -0.05) is 23.2 Å². The summed E-state index contributed by atoms with van der Waals surface area (Å²) in [6.45, 7) is 2.06. The molecule has 0 aliphatic carbocycles. The van der Waals surface area contributed by atoms with Crippen molar-refractivity contribution < 1.29 is 19.1 Å². The van der Waals surface area contributed by atoms with Gasteiger partial charge in [-0.25, -0.2) is 0 Å². The number of rotatable bonds is 9. The molecule has 1 aliphatic heterocycles. The third-order valence-corrected chi connectivity index (χ3v) is 4.98. The first-order valence-corrected chi connectivity index (χ1v) is 10.1. The fourth-order valence-electron chi connectivity index (χ4n) is 2.84. The quantitative estimate of drug-likeness (QED) is 0.653. The lowest BCUT2D eigenvalue weighted by atomic mass is 10.00. The van der Waals surface area contributed by atoms with E-state index in [1.165, 1.54) is 0 Å². The average Bonchev–Trinajstić information content (AvgIpc) is 2.68. The predicted molar refractivity (Wildman–Crippen MR) is 112 cm³/mol. The van der Waals surface area contributed by atoms with Crippen LogP contribution in [0.4, 0.5) is 0 Å². The van der Waals surface area contributed by atoms with Gasteiger partial charge in [0.25, 0.3) is 5.91 Å². The van der Waals surface area contributed by atoms with E-state index in [0.29, 0.717) is 54.2 Å². The Morgan fingerprint density at radius 3 is 2.07 bits per heavy atom. The molecule has 2 amide bonds. The van der Waals surface area contributed by atoms with Crippen molar-refractivity contribution in [2.45, 2.75) is 6.42 Å². The van der Waals surface area contributed by atoms with E-state index in [2.05, 4.69) is 5.32 Å². The molecule has 0 saturated carbocycles. The summed E-state index contributed by atoms with van der Waals surface area (Å²) in [4.78, 5) is 25.8. The number of ether oxygens (including phenoxy) is 2. The molecule has 1 fully saturated rings. The van der Waals surface area contributed by atoms with Gasteiger partial charge in [-0.3, -0.25) is 9.59 Å². The molecule has 0 aromatic heterocycles. The Morgan fingerprint density at radius 2 is 1.48 bits per heavy atom. The number of hydrogen-bond acceptors (Lipinski definition) is 4. The van der Waals surface area contributed by atoms with Gasteiger partial charge in [0.05, 0.1) is 13.0 Å². The molecule has 8 heteroatoms. The Bertz CT molecular complexity index is 822. The van der Waals surface area contributed by atoms with Crippen molar-refractivity contribution in [3.8, 4) is 11.5 Å². The van der Waals surface area contributed by atoms with Crippen LogP contribution in [0.5, 0.6) is 11.5 Å². The van der Waals surface area contributed by atoms with Gasteiger partial charge in [0.1, 0.15) is 11.5 Å². The minimum atomic E-state index is -0.193. The van der Waals surface area contributed by atoms with Crippen LogP contribution in [-0.4, -0.2) is 49.6 Å². The third-order valence-electron chi connectivity index (χ3n) is 4.48. The molecule has 29 heavy (non-hydrogen) atoms. The van der Waals surface area contributed by atoms with Crippen molar-refractivity contribution in [1.29, 1.82) is 0 Å². The number of nitrogens with one attached hydrogen (secondary N) is 1. The molecular weight excluding hydrogens is 415 g/mol. The van der Waals surface area contributed by atoms with E-state index in [9.17, 15) is 9.59 Å². The van der Waals surface area contributed by atoms with Crippen LogP contribution in [0.2, 0.25) is 10.0 Å². The van der Waals surface area contributed by atoms with Gasteiger partial charge in [-0.2, -0.15) is 0 Å². The molecule has 2 aromatic rings. The maximum atomic E-state index is 12.1. The maximum absolute atomic E-state index is 12.1. The fourth-order valence-corrected chi connectivity index (χ4v) is 3.09. The summed E-state index contributed by atoms with van der Waals surface area (Å²) in [6.07, 6.45) is 0.316. The van der Waals surface area contributed by atoms with Crippen LogP contribution in [-0.2, 0) is 9.59 Å². The molecule has 1 saturated heterocycles. The van der Waals surface area contributed by atoms with Gasteiger partial charge in [0.2, 0.25) is 5.91 Å². The fraction of sp³-hybridized carbons (Fsp3) is 0.333. The number of hydrogen-bond donors (Lipinski definition) is 1. The number of carbonyl (C=O) groups is 2. The predicted octanol–water partition coefficient (Wildman–Crippen LogP) is 3.42. The standard InChI is InChI=1S/C21H22Cl2N2O4/c22-16-1-5-18(6-2-16)28-10-9-21(27)25-12-15(13-25)11-24-20(26)14-29-19-7-3-17(23)4-8-19/h1-8,15H,9-14H2,(H,24,26). The van der Waals surface area contributed by atoms with Gasteiger partial charge in [-0.15, -0.1) is 0 Å². The molecule has 0 radical (unpaired) electrons. The number of likely N-dealkylation sites (tertiary alicyclic amines) is 1. The smallest absolute Gasteiger partial charge is 0.257 e. The average molecular weight is 437 g/mol. The highest BCUT2D eigenvalue weighted by molar-refractivity contribution is 6.30. The molecule has 154 valence electrons. The monoisotopic (exact) mass is 436 g/mol. The Morgan fingerprint density at radius 1 is 0.931 bits per heavy atom. The topological polar surface area (TPSA) is 67.9 Å². The van der Waals surface area contributed by atoms with Crippen molar-refractivity contribution in [3.05, 3.63) is 58.6 Å². The molecule has 1 heterocycles. The summed E-state index contributed by atoms with van der Waals surface area (Å²) < 4.78 is 10.9. The zero-order valence-corrected chi connectivity index (χ0v) is 17.3. The number of carbonyl (C=O) groups excluding carboxylic acids is 2. The Labute approximate surface area is 179 Å². The summed E-state index contributed by atoms with van der Waals surface area (Å²) >= 11 is 11.6.